The van der Waals surface area contributed by atoms with Gasteiger partial charge in [0, 0.05) is 18.1 Å². The van der Waals surface area contributed by atoms with Crippen LogP contribution in [-0.2, 0) is 0 Å². The van der Waals surface area contributed by atoms with Crippen molar-refractivity contribution in [3.05, 3.63) is 0 Å². The highest BCUT2D eigenvalue weighted by atomic mass is 15.0. The minimum Gasteiger partial charge on any atom is -0.329 e. The van der Waals surface area contributed by atoms with Gasteiger partial charge in [-0.1, -0.05) is 41.0 Å². The van der Waals surface area contributed by atoms with Crippen molar-refractivity contribution in [2.45, 2.75) is 84.7 Å². The Morgan fingerprint density at radius 3 is 2.44 bits per heavy atom. The van der Waals surface area contributed by atoms with Crippen LogP contribution in [0.3, 0.4) is 0 Å². The molecule has 1 saturated carbocycles. The lowest BCUT2D eigenvalue weighted by atomic mass is 9.83. The molecule has 1 aliphatic carbocycles. The Hall–Kier alpha value is -0.0800. The molecule has 108 valence electrons. The summed E-state index contributed by atoms with van der Waals surface area (Å²) in [7, 11) is 0. The average Bonchev–Trinajstić information content (AvgIpc) is 2.67. The van der Waals surface area contributed by atoms with Crippen LogP contribution in [0.5, 0.6) is 0 Å². The van der Waals surface area contributed by atoms with Crippen LogP contribution in [0.25, 0.3) is 0 Å². The molecule has 0 bridgehead atoms. The van der Waals surface area contributed by atoms with E-state index in [1.54, 1.807) is 0 Å². The Morgan fingerprint density at radius 2 is 2.06 bits per heavy atom. The first-order valence-corrected chi connectivity index (χ1v) is 7.84. The summed E-state index contributed by atoms with van der Waals surface area (Å²) < 4.78 is 0. The summed E-state index contributed by atoms with van der Waals surface area (Å²) >= 11 is 0. The van der Waals surface area contributed by atoms with Crippen molar-refractivity contribution in [3.8, 4) is 0 Å². The van der Waals surface area contributed by atoms with Crippen molar-refractivity contribution < 1.29 is 0 Å². The van der Waals surface area contributed by atoms with Gasteiger partial charge in [0.25, 0.3) is 0 Å². The predicted octanol–water partition coefficient (Wildman–Crippen LogP) is 3.70. The summed E-state index contributed by atoms with van der Waals surface area (Å²) in [4.78, 5) is 0. The molecule has 1 fully saturated rings. The third-order valence-corrected chi connectivity index (χ3v) is 4.98. The molecular formula is C16H34N2. The van der Waals surface area contributed by atoms with E-state index in [0.29, 0.717) is 11.5 Å². The monoisotopic (exact) mass is 254 g/mol. The average molecular weight is 254 g/mol. The van der Waals surface area contributed by atoms with E-state index in [9.17, 15) is 0 Å². The Labute approximate surface area is 114 Å². The number of nitrogens with one attached hydrogen (secondary N) is 1. The van der Waals surface area contributed by atoms with Gasteiger partial charge in [-0.25, -0.2) is 0 Å². The molecule has 3 N–H and O–H groups in total. The molecule has 0 aromatic carbocycles. The lowest BCUT2D eigenvalue weighted by Crippen LogP contribution is -2.55. The van der Waals surface area contributed by atoms with Crippen LogP contribution < -0.4 is 11.1 Å². The lowest BCUT2D eigenvalue weighted by Gasteiger charge is -2.38. The Morgan fingerprint density at radius 1 is 1.39 bits per heavy atom. The molecule has 2 heteroatoms. The lowest BCUT2D eigenvalue weighted by molar-refractivity contribution is 0.221. The summed E-state index contributed by atoms with van der Waals surface area (Å²) in [5.74, 6) is 0.760. The summed E-state index contributed by atoms with van der Waals surface area (Å²) in [5, 5.41) is 3.92. The maximum Gasteiger partial charge on any atom is 0.0306 e. The normalized spacial score (nSPS) is 28.0. The van der Waals surface area contributed by atoms with Gasteiger partial charge in [-0.3, -0.25) is 0 Å². The fourth-order valence-electron chi connectivity index (χ4n) is 3.40. The topological polar surface area (TPSA) is 38.0 Å². The van der Waals surface area contributed by atoms with Crippen LogP contribution in [0, 0.1) is 11.3 Å². The van der Waals surface area contributed by atoms with Crippen molar-refractivity contribution in [3.63, 3.8) is 0 Å². The molecule has 0 aliphatic heterocycles. The van der Waals surface area contributed by atoms with Gasteiger partial charge >= 0.3 is 0 Å². The molecule has 1 rings (SSSR count). The maximum absolute atomic E-state index is 6.10. The Balaban J connectivity index is 2.62. The molecule has 3 unspecified atom stereocenters. The quantitative estimate of drug-likeness (QED) is 0.727. The first kappa shape index (κ1) is 16.0. The number of hydrogen-bond donors (Lipinski definition) is 2. The van der Waals surface area contributed by atoms with E-state index in [2.05, 4.69) is 39.9 Å². The van der Waals surface area contributed by atoms with Crippen LogP contribution in [0.15, 0.2) is 0 Å². The molecule has 0 amide bonds. The second kappa shape index (κ2) is 6.38. The molecule has 0 heterocycles. The Bertz CT molecular complexity index is 243. The van der Waals surface area contributed by atoms with Gasteiger partial charge in [-0.05, 0) is 43.4 Å². The standard InChI is InChI=1S/C16H34N2/c1-6-13(3)10-16(7-2,12-17)18-14-8-9-15(4,5)11-14/h13-14,18H,6-12,17H2,1-5H3. The van der Waals surface area contributed by atoms with Gasteiger partial charge < -0.3 is 11.1 Å². The number of hydrogen-bond acceptors (Lipinski definition) is 2. The van der Waals surface area contributed by atoms with Crippen LogP contribution >= 0.6 is 0 Å². The second-order valence-corrected chi connectivity index (χ2v) is 7.30. The highest BCUT2D eigenvalue weighted by Crippen LogP contribution is 2.38. The molecule has 0 radical (unpaired) electrons. The van der Waals surface area contributed by atoms with Gasteiger partial charge in [0.2, 0.25) is 0 Å². The van der Waals surface area contributed by atoms with Crippen molar-refractivity contribution in [2.24, 2.45) is 17.1 Å². The van der Waals surface area contributed by atoms with Gasteiger partial charge in [-0.2, -0.15) is 0 Å². The van der Waals surface area contributed by atoms with Crippen molar-refractivity contribution >= 4 is 0 Å². The van der Waals surface area contributed by atoms with Crippen LogP contribution in [0.2, 0.25) is 0 Å². The minimum atomic E-state index is 0.167. The smallest absolute Gasteiger partial charge is 0.0306 e. The molecule has 0 aromatic heterocycles. The molecule has 0 spiro atoms. The number of nitrogens with two attached hydrogens (primary N) is 1. The van der Waals surface area contributed by atoms with Crippen molar-refractivity contribution in [1.82, 2.24) is 5.32 Å². The third-order valence-electron chi connectivity index (χ3n) is 4.98. The zero-order chi connectivity index (χ0) is 13.8. The van der Waals surface area contributed by atoms with E-state index < -0.39 is 0 Å². The van der Waals surface area contributed by atoms with E-state index in [0.717, 1.165) is 18.9 Å². The van der Waals surface area contributed by atoms with E-state index in [-0.39, 0.29) is 5.54 Å². The highest BCUT2D eigenvalue weighted by molar-refractivity contribution is 4.96. The fourth-order valence-corrected chi connectivity index (χ4v) is 3.40. The third kappa shape index (κ3) is 4.24. The van der Waals surface area contributed by atoms with Gasteiger partial charge in [0.05, 0.1) is 0 Å². The van der Waals surface area contributed by atoms with E-state index in [1.165, 1.54) is 32.1 Å². The van der Waals surface area contributed by atoms with Gasteiger partial charge in [0.1, 0.15) is 0 Å². The summed E-state index contributed by atoms with van der Waals surface area (Å²) in [6.07, 6.45) is 7.57. The molecule has 3 atom stereocenters. The summed E-state index contributed by atoms with van der Waals surface area (Å²) in [6.45, 7) is 12.5. The van der Waals surface area contributed by atoms with Crippen LogP contribution in [0.1, 0.15) is 73.1 Å². The predicted molar refractivity (Wildman–Crippen MR) is 80.7 cm³/mol. The molecule has 1 aliphatic rings. The van der Waals surface area contributed by atoms with E-state index in [1.807, 2.05) is 0 Å². The zero-order valence-electron chi connectivity index (χ0n) is 13.2. The first-order chi connectivity index (χ1) is 8.36. The molecule has 0 saturated heterocycles. The largest absolute Gasteiger partial charge is 0.329 e. The minimum absolute atomic E-state index is 0.167. The van der Waals surface area contributed by atoms with Gasteiger partial charge in [-0.15, -0.1) is 0 Å². The SMILES string of the molecule is CCC(C)CC(CC)(CN)NC1CCC(C)(C)C1. The van der Waals surface area contributed by atoms with Crippen LogP contribution in [0.4, 0.5) is 0 Å². The molecule has 18 heavy (non-hydrogen) atoms. The van der Waals surface area contributed by atoms with Crippen molar-refractivity contribution in [2.75, 3.05) is 6.54 Å². The number of rotatable bonds is 7. The van der Waals surface area contributed by atoms with Gasteiger partial charge in [0.15, 0.2) is 0 Å². The zero-order valence-corrected chi connectivity index (χ0v) is 13.2. The molecule has 2 nitrogen and oxygen atoms in total. The van der Waals surface area contributed by atoms with E-state index >= 15 is 0 Å². The molecule has 0 aromatic rings. The Kier molecular flexibility index (Phi) is 5.67. The molecular weight excluding hydrogens is 220 g/mol. The first-order valence-electron chi connectivity index (χ1n) is 7.84. The fraction of sp³-hybridized carbons (Fsp3) is 1.00. The maximum atomic E-state index is 6.10. The summed E-state index contributed by atoms with van der Waals surface area (Å²) in [6, 6.07) is 0.674. The van der Waals surface area contributed by atoms with Crippen molar-refractivity contribution in [1.29, 1.82) is 0 Å². The highest BCUT2D eigenvalue weighted by Gasteiger charge is 2.36. The second-order valence-electron chi connectivity index (χ2n) is 7.30. The van der Waals surface area contributed by atoms with Crippen LogP contribution in [-0.4, -0.2) is 18.1 Å². The summed E-state index contributed by atoms with van der Waals surface area (Å²) in [5.41, 5.74) is 6.79. The van der Waals surface area contributed by atoms with E-state index in [4.69, 9.17) is 5.73 Å².